The van der Waals surface area contributed by atoms with Crippen molar-refractivity contribution in [1.82, 2.24) is 10.4 Å². The molecule has 0 saturated carbocycles. The van der Waals surface area contributed by atoms with Crippen LogP contribution in [0.1, 0.15) is 16.1 Å². The van der Waals surface area contributed by atoms with Gasteiger partial charge < -0.3 is 5.32 Å². The van der Waals surface area contributed by atoms with Crippen molar-refractivity contribution in [3.8, 4) is 12.3 Å². The second-order valence-electron chi connectivity index (χ2n) is 3.98. The molecule has 0 fully saturated rings. The van der Waals surface area contributed by atoms with Gasteiger partial charge >= 0.3 is 0 Å². The number of hydrazine groups is 1. The third kappa shape index (κ3) is 3.48. The minimum atomic E-state index is -0.553. The van der Waals surface area contributed by atoms with Crippen LogP contribution < -0.4 is 16.6 Å². The Kier molecular flexibility index (Phi) is 4.72. The fourth-order valence-corrected chi connectivity index (χ4v) is 2.09. The van der Waals surface area contributed by atoms with Gasteiger partial charge in [0, 0.05) is 3.57 Å². The Bertz CT molecular complexity index is 742. The molecule has 0 aliphatic rings. The molecular weight excluding hydrogens is 386 g/mol. The van der Waals surface area contributed by atoms with Gasteiger partial charge in [-0.1, -0.05) is 5.92 Å². The number of aromatic nitrogens is 1. The molecule has 21 heavy (non-hydrogen) atoms. The highest BCUT2D eigenvalue weighted by atomic mass is 127. The van der Waals surface area contributed by atoms with Gasteiger partial charge in [0.25, 0.3) is 5.91 Å². The molecule has 1 aromatic carbocycles. The van der Waals surface area contributed by atoms with E-state index in [1.54, 1.807) is 12.1 Å². The monoisotopic (exact) mass is 396 g/mol. The number of halogens is 2. The maximum atomic E-state index is 13.9. The van der Waals surface area contributed by atoms with Crippen molar-refractivity contribution in [2.45, 2.75) is 0 Å². The van der Waals surface area contributed by atoms with E-state index in [2.05, 4.69) is 16.2 Å². The normalized spacial score (nSPS) is 9.81. The first-order chi connectivity index (χ1) is 10.0. The summed E-state index contributed by atoms with van der Waals surface area (Å²) in [6.45, 7) is 0. The molecule has 5 nitrogen and oxygen atoms in total. The molecule has 0 radical (unpaired) electrons. The fourth-order valence-electron chi connectivity index (χ4n) is 1.64. The highest BCUT2D eigenvalue weighted by Gasteiger charge is 2.13. The van der Waals surface area contributed by atoms with Gasteiger partial charge in [0.2, 0.25) is 0 Å². The molecule has 0 saturated heterocycles. The number of amides is 1. The van der Waals surface area contributed by atoms with Crippen LogP contribution in [-0.4, -0.2) is 10.9 Å². The van der Waals surface area contributed by atoms with E-state index in [1.807, 2.05) is 28.0 Å². The van der Waals surface area contributed by atoms with Crippen LogP contribution in [0.2, 0.25) is 0 Å². The first-order valence-corrected chi connectivity index (χ1v) is 6.82. The van der Waals surface area contributed by atoms with Crippen molar-refractivity contribution < 1.29 is 9.18 Å². The highest BCUT2D eigenvalue weighted by Crippen LogP contribution is 2.24. The summed E-state index contributed by atoms with van der Waals surface area (Å²) >= 11 is 2.00. The van der Waals surface area contributed by atoms with Crippen LogP contribution in [-0.2, 0) is 0 Å². The number of hydrogen-bond donors (Lipinski definition) is 3. The maximum absolute atomic E-state index is 13.9. The summed E-state index contributed by atoms with van der Waals surface area (Å²) < 4.78 is 14.6. The molecule has 1 amide bonds. The van der Waals surface area contributed by atoms with Gasteiger partial charge in [-0.05, 0) is 46.9 Å². The quantitative estimate of drug-likeness (QED) is 0.244. The second-order valence-corrected chi connectivity index (χ2v) is 5.23. The van der Waals surface area contributed by atoms with Crippen LogP contribution in [0.5, 0.6) is 0 Å². The lowest BCUT2D eigenvalue weighted by Crippen LogP contribution is -2.30. The lowest BCUT2D eigenvalue weighted by Gasteiger charge is -2.12. The average molecular weight is 396 g/mol. The standard InChI is InChI=1S/C14H10FIN4O/c1-2-9-6-10(14(21)20-17)13(7-18-9)19-12-4-3-8(16)5-11(12)15/h1,3-7,19H,17H2,(H,20,21). The Morgan fingerprint density at radius 3 is 2.76 bits per heavy atom. The van der Waals surface area contributed by atoms with Gasteiger partial charge in [0.15, 0.2) is 0 Å². The number of terminal acetylenes is 1. The number of benzene rings is 1. The van der Waals surface area contributed by atoms with Gasteiger partial charge in [-0.15, -0.1) is 6.42 Å². The zero-order valence-electron chi connectivity index (χ0n) is 10.7. The Morgan fingerprint density at radius 2 is 2.14 bits per heavy atom. The lowest BCUT2D eigenvalue weighted by molar-refractivity contribution is 0.0954. The SMILES string of the molecule is C#Cc1cc(C(=O)NN)c(Nc2ccc(I)cc2F)cn1. The Labute approximate surface area is 134 Å². The number of nitrogens with one attached hydrogen (secondary N) is 2. The molecular formula is C14H10FIN4O. The number of hydrogen-bond acceptors (Lipinski definition) is 4. The Balaban J connectivity index is 2.44. The largest absolute Gasteiger partial charge is 0.351 e. The van der Waals surface area contributed by atoms with Crippen molar-refractivity contribution in [3.05, 3.63) is 51.1 Å². The van der Waals surface area contributed by atoms with E-state index >= 15 is 0 Å². The number of anilines is 2. The predicted molar refractivity (Wildman–Crippen MR) is 86.2 cm³/mol. The van der Waals surface area contributed by atoms with Crippen molar-refractivity contribution in [2.24, 2.45) is 5.84 Å². The van der Waals surface area contributed by atoms with Crippen LogP contribution in [0.4, 0.5) is 15.8 Å². The van der Waals surface area contributed by atoms with Crippen molar-refractivity contribution >= 4 is 39.9 Å². The number of nitrogens with zero attached hydrogens (tertiary/aromatic N) is 1. The Morgan fingerprint density at radius 1 is 1.38 bits per heavy atom. The van der Waals surface area contributed by atoms with Crippen LogP contribution in [0.3, 0.4) is 0 Å². The molecule has 0 aliphatic heterocycles. The zero-order chi connectivity index (χ0) is 15.4. The minimum Gasteiger partial charge on any atom is -0.351 e. The summed E-state index contributed by atoms with van der Waals surface area (Å²) in [7, 11) is 0. The molecule has 1 heterocycles. The summed E-state index contributed by atoms with van der Waals surface area (Å²) in [6.07, 6.45) is 6.61. The highest BCUT2D eigenvalue weighted by molar-refractivity contribution is 14.1. The third-order valence-electron chi connectivity index (χ3n) is 2.63. The summed E-state index contributed by atoms with van der Waals surface area (Å²) in [5.74, 6) is 6.46. The van der Waals surface area contributed by atoms with Crippen molar-refractivity contribution in [3.63, 3.8) is 0 Å². The lowest BCUT2D eigenvalue weighted by atomic mass is 10.1. The van der Waals surface area contributed by atoms with Gasteiger partial charge in [0.05, 0.1) is 23.1 Å². The molecule has 2 aromatic rings. The van der Waals surface area contributed by atoms with Gasteiger partial charge in [-0.3, -0.25) is 10.2 Å². The first-order valence-electron chi connectivity index (χ1n) is 5.75. The predicted octanol–water partition coefficient (Wildman–Crippen LogP) is 2.15. The van der Waals surface area contributed by atoms with E-state index in [9.17, 15) is 9.18 Å². The molecule has 0 aliphatic carbocycles. The second kappa shape index (κ2) is 6.51. The number of carbonyl (C=O) groups is 1. The maximum Gasteiger partial charge on any atom is 0.267 e. The van der Waals surface area contributed by atoms with Gasteiger partial charge in [-0.2, -0.15) is 0 Å². The molecule has 7 heteroatoms. The summed E-state index contributed by atoms with van der Waals surface area (Å²) in [6, 6.07) is 6.07. The van der Waals surface area contributed by atoms with Crippen LogP contribution in [0.25, 0.3) is 0 Å². The average Bonchev–Trinajstić information content (AvgIpc) is 2.49. The summed E-state index contributed by atoms with van der Waals surface area (Å²) in [5, 5.41) is 2.81. The number of rotatable bonds is 3. The number of nitrogen functional groups attached to an aromatic ring is 1. The smallest absolute Gasteiger partial charge is 0.267 e. The minimum absolute atomic E-state index is 0.179. The van der Waals surface area contributed by atoms with Crippen LogP contribution in [0, 0.1) is 21.7 Å². The fraction of sp³-hybridized carbons (Fsp3) is 0. The van der Waals surface area contributed by atoms with Gasteiger partial charge in [-0.25, -0.2) is 15.2 Å². The molecule has 0 spiro atoms. The molecule has 2 rings (SSSR count). The van der Waals surface area contributed by atoms with Gasteiger partial charge in [0.1, 0.15) is 11.5 Å². The van der Waals surface area contributed by atoms with E-state index in [0.29, 0.717) is 5.69 Å². The number of carbonyl (C=O) groups excluding carboxylic acids is 1. The van der Waals surface area contributed by atoms with E-state index in [-0.39, 0.29) is 16.9 Å². The van der Waals surface area contributed by atoms with E-state index in [0.717, 1.165) is 3.57 Å². The summed E-state index contributed by atoms with van der Waals surface area (Å²) in [4.78, 5) is 15.7. The zero-order valence-corrected chi connectivity index (χ0v) is 12.8. The van der Waals surface area contributed by atoms with Crippen LogP contribution in [0.15, 0.2) is 30.5 Å². The first kappa shape index (κ1) is 15.2. The molecule has 0 unspecified atom stereocenters. The number of nitrogens with two attached hydrogens (primary N) is 1. The van der Waals surface area contributed by atoms with E-state index < -0.39 is 11.7 Å². The third-order valence-corrected chi connectivity index (χ3v) is 3.30. The van der Waals surface area contributed by atoms with E-state index in [4.69, 9.17) is 12.3 Å². The van der Waals surface area contributed by atoms with E-state index in [1.165, 1.54) is 18.3 Å². The topological polar surface area (TPSA) is 80.0 Å². The van der Waals surface area contributed by atoms with Crippen molar-refractivity contribution in [1.29, 1.82) is 0 Å². The van der Waals surface area contributed by atoms with Crippen molar-refractivity contribution in [2.75, 3.05) is 5.32 Å². The van der Waals surface area contributed by atoms with Crippen LogP contribution >= 0.6 is 22.6 Å². The molecule has 0 bridgehead atoms. The molecule has 4 N–H and O–H groups in total. The Hall–Kier alpha value is -2.18. The molecule has 1 aromatic heterocycles. The summed E-state index contributed by atoms with van der Waals surface area (Å²) in [5.41, 5.74) is 2.99. The molecule has 0 atom stereocenters. The molecule has 106 valence electrons. The number of pyridine rings is 1.